The van der Waals surface area contributed by atoms with Gasteiger partial charge in [0.15, 0.2) is 11.5 Å². The van der Waals surface area contributed by atoms with Crippen LogP contribution in [0.1, 0.15) is 31.6 Å². The Morgan fingerprint density at radius 1 is 1.36 bits per heavy atom. The number of nitrogens with two attached hydrogens (primary N) is 1. The molecule has 22 heavy (non-hydrogen) atoms. The fraction of sp³-hybridized carbons (Fsp3) is 0.467. The normalized spacial score (nSPS) is 15.2. The molecule has 0 atom stereocenters. The first-order valence-corrected chi connectivity index (χ1v) is 8.07. The van der Waals surface area contributed by atoms with Crippen LogP contribution in [0.2, 0.25) is 0 Å². The molecule has 0 spiro atoms. The Bertz CT molecular complexity index is 653. The van der Waals surface area contributed by atoms with E-state index in [2.05, 4.69) is 26.1 Å². The van der Waals surface area contributed by atoms with Crippen molar-refractivity contribution in [2.24, 2.45) is 5.73 Å². The van der Waals surface area contributed by atoms with Gasteiger partial charge < -0.3 is 19.7 Å². The Hall–Kier alpha value is -1.60. The van der Waals surface area contributed by atoms with E-state index >= 15 is 0 Å². The fourth-order valence-electron chi connectivity index (χ4n) is 2.62. The van der Waals surface area contributed by atoms with Crippen molar-refractivity contribution in [3.05, 3.63) is 22.5 Å². The van der Waals surface area contributed by atoms with E-state index in [1.807, 2.05) is 12.1 Å². The highest BCUT2D eigenvalue weighted by atomic mass is 79.9. The summed E-state index contributed by atoms with van der Waals surface area (Å²) in [5.74, 6) is 2.26. The topological polar surface area (TPSA) is 83.4 Å². The molecular weight excluding hydrogens is 350 g/mol. The molecular formula is C15H18BrN3O3. The van der Waals surface area contributed by atoms with Crippen LogP contribution in [0, 0.1) is 0 Å². The van der Waals surface area contributed by atoms with Gasteiger partial charge in [0.1, 0.15) is 0 Å². The number of rotatable bonds is 5. The van der Waals surface area contributed by atoms with Crippen molar-refractivity contribution >= 4 is 15.9 Å². The number of nitrogens with zero attached hydrogens (tertiary/aromatic N) is 2. The molecule has 1 aromatic heterocycles. The highest BCUT2D eigenvalue weighted by Gasteiger charge is 2.21. The van der Waals surface area contributed by atoms with Gasteiger partial charge in [0.05, 0.1) is 24.2 Å². The lowest BCUT2D eigenvalue weighted by molar-refractivity contribution is 0.200. The maximum absolute atomic E-state index is 6.11. The van der Waals surface area contributed by atoms with Crippen LogP contribution < -0.4 is 15.2 Å². The molecule has 3 rings (SSSR count). The van der Waals surface area contributed by atoms with Crippen LogP contribution >= 0.6 is 15.9 Å². The molecule has 6 nitrogen and oxygen atoms in total. The lowest BCUT2D eigenvalue weighted by Gasteiger charge is -2.17. The number of ether oxygens (including phenoxy) is 2. The summed E-state index contributed by atoms with van der Waals surface area (Å²) in [6, 6.07) is 3.76. The van der Waals surface area contributed by atoms with E-state index in [9.17, 15) is 0 Å². The van der Waals surface area contributed by atoms with Gasteiger partial charge in [0, 0.05) is 5.56 Å². The van der Waals surface area contributed by atoms with Gasteiger partial charge in [-0.2, -0.15) is 4.98 Å². The van der Waals surface area contributed by atoms with Crippen LogP contribution in [0.25, 0.3) is 11.4 Å². The summed E-state index contributed by atoms with van der Waals surface area (Å²) in [5.41, 5.74) is 6.30. The molecule has 1 fully saturated rings. The summed E-state index contributed by atoms with van der Waals surface area (Å²) in [5, 5.41) is 3.94. The van der Waals surface area contributed by atoms with Gasteiger partial charge >= 0.3 is 0 Å². The van der Waals surface area contributed by atoms with E-state index in [-0.39, 0.29) is 12.6 Å². The quantitative estimate of drug-likeness (QED) is 0.872. The predicted molar refractivity (Wildman–Crippen MR) is 84.8 cm³/mol. The SMILES string of the molecule is COc1c(Br)cc(-c2noc(CN)n2)cc1OC1CCCC1. The van der Waals surface area contributed by atoms with Crippen molar-refractivity contribution in [1.82, 2.24) is 10.1 Å². The zero-order chi connectivity index (χ0) is 15.5. The van der Waals surface area contributed by atoms with Gasteiger partial charge in [-0.3, -0.25) is 0 Å². The minimum absolute atomic E-state index is 0.218. The monoisotopic (exact) mass is 367 g/mol. The second kappa shape index (κ2) is 6.66. The molecule has 1 aliphatic rings. The minimum atomic E-state index is 0.218. The zero-order valence-electron chi connectivity index (χ0n) is 12.3. The molecule has 2 N–H and O–H groups in total. The van der Waals surface area contributed by atoms with Crippen molar-refractivity contribution in [3.63, 3.8) is 0 Å². The average molecular weight is 368 g/mol. The molecule has 1 saturated carbocycles. The molecule has 0 unspecified atom stereocenters. The van der Waals surface area contributed by atoms with Crippen LogP contribution in [0.15, 0.2) is 21.1 Å². The molecule has 0 bridgehead atoms. The third-order valence-corrected chi connectivity index (χ3v) is 4.30. The number of benzene rings is 1. The van der Waals surface area contributed by atoms with Crippen LogP contribution in [0.4, 0.5) is 0 Å². The third-order valence-electron chi connectivity index (χ3n) is 3.71. The molecule has 1 heterocycles. The van der Waals surface area contributed by atoms with E-state index in [4.69, 9.17) is 19.7 Å². The molecule has 1 aliphatic carbocycles. The maximum Gasteiger partial charge on any atom is 0.240 e. The Labute approximate surface area is 137 Å². The molecule has 118 valence electrons. The summed E-state index contributed by atoms with van der Waals surface area (Å²) >= 11 is 3.51. The molecule has 2 aromatic rings. The Kier molecular flexibility index (Phi) is 4.63. The Balaban J connectivity index is 1.95. The summed E-state index contributed by atoms with van der Waals surface area (Å²) in [4.78, 5) is 4.25. The maximum atomic E-state index is 6.11. The summed E-state index contributed by atoms with van der Waals surface area (Å²) in [6.07, 6.45) is 4.80. The van der Waals surface area contributed by atoms with Gasteiger partial charge in [-0.25, -0.2) is 0 Å². The summed E-state index contributed by atoms with van der Waals surface area (Å²) in [6.45, 7) is 0.218. The largest absolute Gasteiger partial charge is 0.492 e. The van der Waals surface area contributed by atoms with Gasteiger partial charge in [0.2, 0.25) is 11.7 Å². The van der Waals surface area contributed by atoms with E-state index < -0.39 is 0 Å². The molecule has 0 radical (unpaired) electrons. The molecule has 0 amide bonds. The van der Waals surface area contributed by atoms with Crippen molar-refractivity contribution in [2.45, 2.75) is 38.3 Å². The number of halogens is 1. The molecule has 0 aliphatic heterocycles. The molecule has 1 aromatic carbocycles. The van der Waals surface area contributed by atoms with Crippen LogP contribution in [0.5, 0.6) is 11.5 Å². The highest BCUT2D eigenvalue weighted by molar-refractivity contribution is 9.10. The molecule has 7 heteroatoms. The second-order valence-electron chi connectivity index (χ2n) is 5.23. The smallest absolute Gasteiger partial charge is 0.240 e. The zero-order valence-corrected chi connectivity index (χ0v) is 13.9. The van der Waals surface area contributed by atoms with Crippen LogP contribution in [-0.4, -0.2) is 23.4 Å². The van der Waals surface area contributed by atoms with Crippen LogP contribution in [-0.2, 0) is 6.54 Å². The number of hydrogen-bond donors (Lipinski definition) is 1. The summed E-state index contributed by atoms with van der Waals surface area (Å²) in [7, 11) is 1.63. The second-order valence-corrected chi connectivity index (χ2v) is 6.08. The fourth-order valence-corrected chi connectivity index (χ4v) is 3.23. The Morgan fingerprint density at radius 2 is 2.14 bits per heavy atom. The van der Waals surface area contributed by atoms with E-state index in [0.717, 1.165) is 22.9 Å². The van der Waals surface area contributed by atoms with Crippen LogP contribution in [0.3, 0.4) is 0 Å². The third kappa shape index (κ3) is 3.10. The van der Waals surface area contributed by atoms with E-state index in [0.29, 0.717) is 23.2 Å². The van der Waals surface area contributed by atoms with Gasteiger partial charge in [-0.15, -0.1) is 0 Å². The van der Waals surface area contributed by atoms with Crippen molar-refractivity contribution in [2.75, 3.05) is 7.11 Å². The van der Waals surface area contributed by atoms with Crippen molar-refractivity contribution < 1.29 is 14.0 Å². The number of hydrogen-bond acceptors (Lipinski definition) is 6. The summed E-state index contributed by atoms with van der Waals surface area (Å²) < 4.78 is 17.4. The van der Waals surface area contributed by atoms with Gasteiger partial charge in [0.25, 0.3) is 0 Å². The molecule has 0 saturated heterocycles. The first kappa shape index (κ1) is 15.3. The van der Waals surface area contributed by atoms with Gasteiger partial charge in [-0.05, 0) is 53.7 Å². The number of methoxy groups -OCH3 is 1. The predicted octanol–water partition coefficient (Wildman–Crippen LogP) is 3.29. The highest BCUT2D eigenvalue weighted by Crippen LogP contribution is 2.40. The van der Waals surface area contributed by atoms with Crippen molar-refractivity contribution in [1.29, 1.82) is 0 Å². The van der Waals surface area contributed by atoms with Gasteiger partial charge in [-0.1, -0.05) is 5.16 Å². The standard InChI is InChI=1S/C15H18BrN3O3/c1-20-14-11(16)6-9(15-18-13(8-17)22-19-15)7-12(14)21-10-4-2-3-5-10/h6-7,10H,2-5,8,17H2,1H3. The first-order chi connectivity index (χ1) is 10.7. The minimum Gasteiger partial charge on any atom is -0.492 e. The Morgan fingerprint density at radius 3 is 2.77 bits per heavy atom. The number of aromatic nitrogens is 2. The first-order valence-electron chi connectivity index (χ1n) is 7.28. The average Bonchev–Trinajstić information content (AvgIpc) is 3.18. The lowest BCUT2D eigenvalue weighted by Crippen LogP contribution is -2.11. The van der Waals surface area contributed by atoms with E-state index in [1.165, 1.54) is 12.8 Å². The van der Waals surface area contributed by atoms with E-state index in [1.54, 1.807) is 7.11 Å². The lowest BCUT2D eigenvalue weighted by atomic mass is 10.2. The van der Waals surface area contributed by atoms with Crippen molar-refractivity contribution in [3.8, 4) is 22.9 Å².